The third kappa shape index (κ3) is 18.0. The van der Waals surface area contributed by atoms with Crippen LogP contribution in [0.2, 0.25) is 10.0 Å². The fraction of sp³-hybridized carbons (Fsp3) is 0.410. The minimum absolute atomic E-state index is 0.00665. The molecule has 7 aromatic rings. The molecule has 516 valence electrons. The van der Waals surface area contributed by atoms with Crippen LogP contribution in [-0.2, 0) is 30.2 Å². The number of hydrogen-bond donors (Lipinski definition) is 1. The van der Waals surface area contributed by atoms with E-state index in [1.807, 2.05) is 142 Å². The summed E-state index contributed by atoms with van der Waals surface area (Å²) in [6, 6.07) is 57.3. The van der Waals surface area contributed by atoms with Crippen LogP contribution >= 0.6 is 23.2 Å². The van der Waals surface area contributed by atoms with Crippen molar-refractivity contribution in [1.29, 1.82) is 0 Å². The molecule has 0 bridgehead atoms. The summed E-state index contributed by atoms with van der Waals surface area (Å²) in [6.07, 6.45) is 7.88. The highest BCUT2D eigenvalue weighted by molar-refractivity contribution is 7.88. The van der Waals surface area contributed by atoms with Gasteiger partial charge in [0.2, 0.25) is 10.0 Å². The predicted octanol–water partition coefficient (Wildman–Crippen LogP) is 12.5. The molecule has 0 spiro atoms. The van der Waals surface area contributed by atoms with Gasteiger partial charge in [-0.2, -0.15) is 0 Å². The van der Waals surface area contributed by atoms with Crippen LogP contribution in [0.1, 0.15) is 109 Å². The van der Waals surface area contributed by atoms with Crippen molar-refractivity contribution in [3.63, 3.8) is 0 Å². The van der Waals surface area contributed by atoms with E-state index in [1.165, 1.54) is 24.0 Å². The molecule has 1 N–H and O–H groups in total. The molecule has 1 atom stereocenters. The zero-order valence-corrected chi connectivity index (χ0v) is 58.3. The number of likely N-dealkylation sites (tertiary alicyclic amines) is 3. The molecule has 4 fully saturated rings. The van der Waals surface area contributed by atoms with E-state index >= 15 is 0 Å². The fourth-order valence-corrected chi connectivity index (χ4v) is 16.6. The Bertz CT molecular complexity index is 3940. The second-order valence-electron chi connectivity index (χ2n) is 26.7. The van der Waals surface area contributed by atoms with Crippen molar-refractivity contribution in [1.82, 2.24) is 24.3 Å². The van der Waals surface area contributed by atoms with Crippen LogP contribution in [-0.4, -0.2) is 169 Å². The van der Waals surface area contributed by atoms with Gasteiger partial charge in [0.1, 0.15) is 17.2 Å². The lowest BCUT2D eigenvalue weighted by molar-refractivity contribution is -0.122. The second kappa shape index (κ2) is 33.4. The molecule has 4 saturated heterocycles. The molecule has 4 amide bonds. The molecular weight excluding hydrogens is 1300 g/mol. The number of halogens is 2. The van der Waals surface area contributed by atoms with Gasteiger partial charge in [0, 0.05) is 74.0 Å². The maximum absolute atomic E-state index is 13.5. The van der Waals surface area contributed by atoms with Crippen molar-refractivity contribution in [3.8, 4) is 17.2 Å². The van der Waals surface area contributed by atoms with Crippen molar-refractivity contribution in [3.05, 3.63) is 214 Å². The number of nitrogens with zero attached hydrogens (tertiary/aromatic N) is 7. The average Bonchev–Trinajstić information content (AvgIpc) is 0.827. The third-order valence-electron chi connectivity index (χ3n) is 20.5. The summed E-state index contributed by atoms with van der Waals surface area (Å²) in [7, 11) is -3.38. The van der Waals surface area contributed by atoms with Crippen LogP contribution in [0.5, 0.6) is 17.2 Å². The minimum atomic E-state index is -3.38. The summed E-state index contributed by atoms with van der Waals surface area (Å²) < 4.78 is 44.1. The highest BCUT2D eigenvalue weighted by Crippen LogP contribution is 2.38. The Hall–Kier alpha value is -7.81. The molecule has 0 radical (unpaired) electrons. The standard InChI is InChI=1S/C36H43ClN4O5S.C21H23ClN2O2.C21H24N2O2/c1-26(23-41-33-9-5-6-10-34(33)46-24-35(41)42)39-17-15-29(16-18-39)31-12-11-30(37)21-32(31)36(43)38-22-27-13-19-40(20-14-27)47(44,45)25-28-7-3-2-4-8-28;22-18-7-5-16(6-8-18)17-9-11-23(12-10-17)13-14-24-19-3-1-2-4-20(19)26-15-21(24)25;24-21-16-25-20-9-5-4-8-19(20)23(21)15-14-22-12-10-18(11-13-22)17-6-2-1-3-7-17/h2-12,21,26-27,29H,13-20,22-25H2,1H3,(H,38,43);1-8,17H,9-15H2;1-9,18H,10-16H2. The van der Waals surface area contributed by atoms with Crippen LogP contribution in [0.15, 0.2) is 176 Å². The predicted molar refractivity (Wildman–Crippen MR) is 388 cm³/mol. The SMILES string of the molecule is CC(CN1C(=O)COc2ccccc21)N1CCC(c2ccc(Cl)cc2C(=O)NCC2CCN(S(=O)(=O)Cc3ccccc3)CC2)CC1.O=C1COc2ccccc2N1CCN1CCC(c2ccc(Cl)cc2)CC1.O=C1COc2ccccc2N1CCN1CCC(c2ccccc2)CC1. The Morgan fingerprint density at radius 3 is 1.45 bits per heavy atom. The van der Waals surface area contributed by atoms with Gasteiger partial charge in [0.25, 0.3) is 23.6 Å². The van der Waals surface area contributed by atoms with Gasteiger partial charge in [-0.05, 0) is 204 Å². The number of para-hydroxylation sites is 6. The van der Waals surface area contributed by atoms with Crippen molar-refractivity contribution in [2.45, 2.75) is 87.8 Å². The molecule has 0 aliphatic carbocycles. The van der Waals surface area contributed by atoms with Gasteiger partial charge >= 0.3 is 0 Å². The lowest BCUT2D eigenvalue weighted by Crippen LogP contribution is -2.49. The number of nitrogens with one attached hydrogen (secondary N) is 1. The summed E-state index contributed by atoms with van der Waals surface area (Å²) in [4.78, 5) is 63.7. The maximum Gasteiger partial charge on any atom is 0.265 e. The zero-order valence-electron chi connectivity index (χ0n) is 56.0. The molecule has 0 aromatic heterocycles. The van der Waals surface area contributed by atoms with Crippen molar-refractivity contribution < 1.29 is 41.8 Å². The van der Waals surface area contributed by atoms with Gasteiger partial charge in [0.15, 0.2) is 19.8 Å². The van der Waals surface area contributed by atoms with Gasteiger partial charge < -0.3 is 44.0 Å². The first kappa shape index (κ1) is 70.1. The van der Waals surface area contributed by atoms with Crippen LogP contribution in [0.4, 0.5) is 17.1 Å². The molecule has 20 heteroatoms. The molecular formula is C78H90Cl2N8O9S. The largest absolute Gasteiger partial charge is 0.482 e. The molecule has 7 aliphatic rings. The van der Waals surface area contributed by atoms with Gasteiger partial charge in [-0.3, -0.25) is 24.1 Å². The van der Waals surface area contributed by atoms with E-state index in [-0.39, 0.29) is 67.1 Å². The monoisotopic (exact) mass is 1380 g/mol. The number of carbonyl (C=O) groups is 4. The average molecular weight is 1390 g/mol. The number of rotatable bonds is 18. The summed E-state index contributed by atoms with van der Waals surface area (Å²) in [6.45, 7) is 13.8. The molecule has 7 aliphatic heterocycles. The van der Waals surface area contributed by atoms with Gasteiger partial charge in [-0.25, -0.2) is 12.7 Å². The number of sulfonamides is 1. The number of hydrogen-bond acceptors (Lipinski definition) is 12. The van der Waals surface area contributed by atoms with Gasteiger partial charge in [-0.15, -0.1) is 0 Å². The number of amides is 4. The molecule has 7 heterocycles. The Balaban J connectivity index is 0.000000151. The van der Waals surface area contributed by atoms with Crippen LogP contribution in [0.25, 0.3) is 0 Å². The quantitative estimate of drug-likeness (QED) is 0.0866. The van der Waals surface area contributed by atoms with E-state index in [1.54, 1.807) is 10.4 Å². The maximum atomic E-state index is 13.5. The van der Waals surface area contributed by atoms with Gasteiger partial charge in [-0.1, -0.05) is 138 Å². The number of benzene rings is 7. The highest BCUT2D eigenvalue weighted by atomic mass is 35.5. The minimum Gasteiger partial charge on any atom is -0.482 e. The molecule has 14 rings (SSSR count). The van der Waals surface area contributed by atoms with Crippen LogP contribution in [0.3, 0.4) is 0 Å². The second-order valence-corrected chi connectivity index (χ2v) is 29.6. The summed E-state index contributed by atoms with van der Waals surface area (Å²) in [5.74, 6) is 3.99. The molecule has 7 aromatic carbocycles. The van der Waals surface area contributed by atoms with Crippen molar-refractivity contribution in [2.75, 3.05) is 126 Å². The van der Waals surface area contributed by atoms with E-state index < -0.39 is 10.0 Å². The number of ether oxygens (including phenoxy) is 3. The lowest BCUT2D eigenvalue weighted by atomic mass is 9.85. The number of carbonyl (C=O) groups excluding carboxylic acids is 4. The highest BCUT2D eigenvalue weighted by Gasteiger charge is 2.34. The number of anilines is 3. The Labute approximate surface area is 587 Å². The lowest BCUT2D eigenvalue weighted by Gasteiger charge is -2.39. The first-order valence-corrected chi connectivity index (χ1v) is 37.2. The van der Waals surface area contributed by atoms with Crippen molar-refractivity contribution in [2.24, 2.45) is 5.92 Å². The van der Waals surface area contributed by atoms with E-state index in [4.69, 9.17) is 37.4 Å². The molecule has 17 nitrogen and oxygen atoms in total. The number of fused-ring (bicyclic) bond motifs is 3. The molecule has 1 unspecified atom stereocenters. The summed E-state index contributed by atoms with van der Waals surface area (Å²) in [5.41, 5.74) is 7.86. The molecule has 0 saturated carbocycles. The topological polar surface area (TPSA) is 165 Å². The van der Waals surface area contributed by atoms with Crippen LogP contribution < -0.4 is 34.2 Å². The smallest absolute Gasteiger partial charge is 0.265 e. The Kier molecular flexibility index (Phi) is 23.9. The number of piperidine rings is 4. The third-order valence-corrected chi connectivity index (χ3v) is 22.8. The van der Waals surface area contributed by atoms with E-state index in [0.717, 1.165) is 135 Å². The summed E-state index contributed by atoms with van der Waals surface area (Å²) >= 11 is 12.4. The molecule has 98 heavy (non-hydrogen) atoms. The van der Waals surface area contributed by atoms with Gasteiger partial charge in [0.05, 0.1) is 22.8 Å². The van der Waals surface area contributed by atoms with E-state index in [2.05, 4.69) is 69.4 Å². The Morgan fingerprint density at radius 2 is 0.929 bits per heavy atom. The van der Waals surface area contributed by atoms with E-state index in [0.29, 0.717) is 68.0 Å². The zero-order chi connectivity index (χ0) is 68.0. The Morgan fingerprint density at radius 1 is 0.490 bits per heavy atom. The normalized spacial score (nSPS) is 18.9. The van der Waals surface area contributed by atoms with E-state index in [9.17, 15) is 27.6 Å². The van der Waals surface area contributed by atoms with Crippen LogP contribution in [0, 0.1) is 5.92 Å². The van der Waals surface area contributed by atoms with Crippen molar-refractivity contribution >= 4 is 73.9 Å². The summed E-state index contributed by atoms with van der Waals surface area (Å²) in [5, 5.41) is 4.45. The first-order chi connectivity index (χ1) is 47.7. The fourth-order valence-electron chi connectivity index (χ4n) is 14.8. The first-order valence-electron chi connectivity index (χ1n) is 34.8.